The lowest BCUT2D eigenvalue weighted by atomic mass is 9.97. The second-order valence-corrected chi connectivity index (χ2v) is 13.3. The van der Waals surface area contributed by atoms with Crippen LogP contribution in [0.5, 0.6) is 0 Å². The molecule has 3 nitrogen and oxygen atoms in total. The van der Waals surface area contributed by atoms with Gasteiger partial charge in [0.2, 0.25) is 0 Å². The summed E-state index contributed by atoms with van der Waals surface area (Å²) in [5, 5.41) is 10.1. The van der Waals surface area contributed by atoms with Crippen LogP contribution in [0.1, 0.15) is 46.6 Å². The number of rotatable bonds is 8. The van der Waals surface area contributed by atoms with E-state index in [-0.39, 0.29) is 23.2 Å². The molecule has 24 heavy (non-hydrogen) atoms. The highest BCUT2D eigenvalue weighted by atomic mass is 28.4. The van der Waals surface area contributed by atoms with Gasteiger partial charge in [-0.05, 0) is 29.6 Å². The molecule has 1 N–H and O–H groups in total. The Morgan fingerprint density at radius 1 is 1.17 bits per heavy atom. The van der Waals surface area contributed by atoms with Crippen LogP contribution in [-0.2, 0) is 15.6 Å². The largest absolute Gasteiger partial charge is 0.407 e. The Hall–Kier alpha value is -0.973. The van der Waals surface area contributed by atoms with Gasteiger partial charge in [0.25, 0.3) is 0 Å². The van der Waals surface area contributed by atoms with Gasteiger partial charge in [-0.25, -0.2) is 0 Å². The van der Waals surface area contributed by atoms with Crippen molar-refractivity contribution in [3.05, 3.63) is 35.9 Å². The number of hydrogen-bond donors (Lipinski definition) is 1. The average molecular weight is 351 g/mol. The van der Waals surface area contributed by atoms with Crippen molar-refractivity contribution in [2.75, 3.05) is 0 Å². The van der Waals surface area contributed by atoms with Crippen molar-refractivity contribution < 1.29 is 14.3 Å². The van der Waals surface area contributed by atoms with E-state index in [1.807, 2.05) is 44.2 Å². The van der Waals surface area contributed by atoms with E-state index in [2.05, 4.69) is 33.9 Å². The van der Waals surface area contributed by atoms with Crippen molar-refractivity contribution in [2.24, 2.45) is 5.92 Å². The molecule has 0 bridgehead atoms. The van der Waals surface area contributed by atoms with Crippen molar-refractivity contribution in [3.8, 4) is 0 Å². The summed E-state index contributed by atoms with van der Waals surface area (Å²) in [5.74, 6) is 0.0732. The molecule has 0 radical (unpaired) electrons. The summed E-state index contributed by atoms with van der Waals surface area (Å²) in [7, 11) is -2.07. The second kappa shape index (κ2) is 8.41. The van der Waals surface area contributed by atoms with Gasteiger partial charge in [-0.2, -0.15) is 0 Å². The minimum atomic E-state index is -2.07. The molecule has 0 saturated carbocycles. The summed E-state index contributed by atoms with van der Waals surface area (Å²) in [5.41, 5.74) is 1.09. The molecule has 0 aromatic heterocycles. The Morgan fingerprint density at radius 3 is 2.17 bits per heavy atom. The van der Waals surface area contributed by atoms with Crippen molar-refractivity contribution in [2.45, 2.75) is 77.8 Å². The number of hydrogen-bond acceptors (Lipinski definition) is 3. The molecule has 136 valence electrons. The number of Topliss-reactive ketones (excluding diaryl/α,β-unsaturated/α-hetero) is 1. The number of carbonyl (C=O) groups is 1. The molecule has 0 fully saturated rings. The van der Waals surface area contributed by atoms with Crippen molar-refractivity contribution in [3.63, 3.8) is 0 Å². The molecule has 0 aliphatic rings. The quantitative estimate of drug-likeness (QED) is 0.697. The van der Waals surface area contributed by atoms with Crippen LogP contribution in [0, 0.1) is 5.92 Å². The Labute approximate surface area is 148 Å². The zero-order chi connectivity index (χ0) is 18.5. The van der Waals surface area contributed by atoms with Crippen molar-refractivity contribution in [1.29, 1.82) is 0 Å². The summed E-state index contributed by atoms with van der Waals surface area (Å²) in [6.07, 6.45) is -0.374. The van der Waals surface area contributed by atoms with Crippen LogP contribution in [0.25, 0.3) is 0 Å². The first-order valence-corrected chi connectivity index (χ1v) is 11.8. The van der Waals surface area contributed by atoms with Gasteiger partial charge in [0.15, 0.2) is 14.1 Å². The zero-order valence-corrected chi connectivity index (χ0v) is 17.3. The maximum absolute atomic E-state index is 12.8. The molecule has 0 aliphatic carbocycles. The second-order valence-electron chi connectivity index (χ2n) is 8.54. The lowest BCUT2D eigenvalue weighted by molar-refractivity contribution is -0.128. The number of ketones is 1. The van der Waals surface area contributed by atoms with E-state index in [4.69, 9.17) is 4.43 Å². The van der Waals surface area contributed by atoms with Gasteiger partial charge in [-0.3, -0.25) is 4.79 Å². The Kier molecular flexibility index (Phi) is 7.38. The maximum Gasteiger partial charge on any atom is 0.193 e. The molecule has 0 saturated heterocycles. The summed E-state index contributed by atoms with van der Waals surface area (Å²) in [6, 6.07) is 9.97. The molecular formula is C20H34O3Si. The molecule has 0 amide bonds. The molecule has 0 unspecified atom stereocenters. The SMILES string of the molecule is CC(C)[C@H](O)CC(=O)[C@H](Cc1ccccc1)O[Si](C)(C)C(C)(C)C. The lowest BCUT2D eigenvalue weighted by Gasteiger charge is -2.39. The van der Waals surface area contributed by atoms with Crippen LogP contribution in [0.2, 0.25) is 18.1 Å². The highest BCUT2D eigenvalue weighted by molar-refractivity contribution is 6.74. The lowest BCUT2D eigenvalue weighted by Crippen LogP contribution is -2.47. The van der Waals surface area contributed by atoms with Crippen LogP contribution in [0.15, 0.2) is 30.3 Å². The molecule has 4 heteroatoms. The van der Waals surface area contributed by atoms with Gasteiger partial charge < -0.3 is 9.53 Å². The first-order chi connectivity index (χ1) is 10.9. The van der Waals surface area contributed by atoms with Gasteiger partial charge in [0, 0.05) is 12.8 Å². The van der Waals surface area contributed by atoms with Crippen molar-refractivity contribution in [1.82, 2.24) is 0 Å². The fourth-order valence-corrected chi connectivity index (χ4v) is 3.43. The molecule has 0 spiro atoms. The van der Waals surface area contributed by atoms with Crippen molar-refractivity contribution >= 4 is 14.1 Å². The van der Waals surface area contributed by atoms with E-state index in [0.29, 0.717) is 6.42 Å². The smallest absolute Gasteiger partial charge is 0.193 e. The summed E-state index contributed by atoms with van der Waals surface area (Å²) >= 11 is 0. The topological polar surface area (TPSA) is 46.5 Å². The van der Waals surface area contributed by atoms with Gasteiger partial charge in [0.05, 0.1) is 6.10 Å². The predicted octanol–water partition coefficient (Wildman–Crippen LogP) is 4.60. The fourth-order valence-electron chi connectivity index (χ4n) is 2.16. The third kappa shape index (κ3) is 6.15. The van der Waals surface area contributed by atoms with Crippen LogP contribution < -0.4 is 0 Å². The van der Waals surface area contributed by atoms with Gasteiger partial charge in [0.1, 0.15) is 6.10 Å². The highest BCUT2D eigenvalue weighted by Crippen LogP contribution is 2.38. The summed E-state index contributed by atoms with van der Waals surface area (Å²) in [6.45, 7) is 14.7. The standard InChI is InChI=1S/C20H34O3Si/c1-15(2)17(21)14-18(22)19(13-16-11-9-8-10-12-16)23-24(6,7)20(3,4)5/h8-12,15,17,19,21H,13-14H2,1-7H3/t17-,19+/m1/s1. The molecule has 1 aromatic carbocycles. The minimum Gasteiger partial charge on any atom is -0.407 e. The predicted molar refractivity (Wildman–Crippen MR) is 103 cm³/mol. The third-order valence-corrected chi connectivity index (χ3v) is 9.53. The molecule has 0 heterocycles. The third-order valence-electron chi connectivity index (χ3n) is 5.05. The first-order valence-electron chi connectivity index (χ1n) is 8.86. The summed E-state index contributed by atoms with van der Waals surface area (Å²) in [4.78, 5) is 12.8. The normalized spacial score (nSPS) is 15.4. The maximum atomic E-state index is 12.8. The Morgan fingerprint density at radius 2 is 1.71 bits per heavy atom. The molecule has 2 atom stereocenters. The summed E-state index contributed by atoms with van der Waals surface area (Å²) < 4.78 is 6.43. The first kappa shape index (κ1) is 21.1. The number of carbonyl (C=O) groups excluding carboxylic acids is 1. The van der Waals surface area contributed by atoms with Crippen LogP contribution >= 0.6 is 0 Å². The number of aliphatic hydroxyl groups is 1. The van der Waals surface area contributed by atoms with E-state index in [0.717, 1.165) is 5.56 Å². The molecule has 1 rings (SSSR count). The van der Waals surface area contributed by atoms with Gasteiger partial charge in [-0.15, -0.1) is 0 Å². The monoisotopic (exact) mass is 350 g/mol. The average Bonchev–Trinajstić information content (AvgIpc) is 2.46. The minimum absolute atomic E-state index is 0.00452. The Balaban J connectivity index is 2.96. The van der Waals surface area contributed by atoms with E-state index in [1.54, 1.807) is 0 Å². The highest BCUT2D eigenvalue weighted by Gasteiger charge is 2.40. The Bertz CT molecular complexity index is 517. The number of aliphatic hydroxyl groups excluding tert-OH is 1. The van der Waals surface area contributed by atoms with E-state index >= 15 is 0 Å². The van der Waals surface area contributed by atoms with Gasteiger partial charge in [-0.1, -0.05) is 65.0 Å². The van der Waals surface area contributed by atoms with Crippen LogP contribution in [0.3, 0.4) is 0 Å². The van der Waals surface area contributed by atoms with E-state index < -0.39 is 20.5 Å². The zero-order valence-electron chi connectivity index (χ0n) is 16.3. The number of benzene rings is 1. The van der Waals surface area contributed by atoms with Gasteiger partial charge >= 0.3 is 0 Å². The van der Waals surface area contributed by atoms with Crippen LogP contribution in [-0.4, -0.2) is 31.4 Å². The fraction of sp³-hybridized carbons (Fsp3) is 0.650. The van der Waals surface area contributed by atoms with Crippen LogP contribution in [0.4, 0.5) is 0 Å². The molecule has 0 aliphatic heterocycles. The van der Waals surface area contributed by atoms with E-state index in [9.17, 15) is 9.90 Å². The molecule has 1 aromatic rings. The van der Waals surface area contributed by atoms with E-state index in [1.165, 1.54) is 0 Å². The molecular weight excluding hydrogens is 316 g/mol.